The van der Waals surface area contributed by atoms with E-state index in [-0.39, 0.29) is 19.8 Å². The van der Waals surface area contributed by atoms with E-state index in [2.05, 4.69) is 26.4 Å². The van der Waals surface area contributed by atoms with Gasteiger partial charge in [-0.1, -0.05) is 39.0 Å². The van der Waals surface area contributed by atoms with E-state index < -0.39 is 13.9 Å². The lowest BCUT2D eigenvalue weighted by Gasteiger charge is -2.13. The Morgan fingerprint density at radius 3 is 2.17 bits per heavy atom. The van der Waals surface area contributed by atoms with E-state index in [1.165, 1.54) is 32.6 Å². The Morgan fingerprint density at radius 2 is 1.52 bits per heavy atom. The summed E-state index contributed by atoms with van der Waals surface area (Å²) in [7, 11) is -4.48. The number of hydrogen-bond donors (Lipinski definition) is 2. The van der Waals surface area contributed by atoms with Gasteiger partial charge in [0.25, 0.3) is 0 Å². The molecule has 0 radical (unpaired) electrons. The SMILES string of the molecule is CCCCCCCCOOOOCCOCC(C)OP(=O)(O)O. The Bertz CT molecular complexity index is 297. The first-order valence-corrected chi connectivity index (χ1v) is 9.38. The third-order valence-corrected chi connectivity index (χ3v) is 3.32. The summed E-state index contributed by atoms with van der Waals surface area (Å²) in [5, 5.41) is 8.66. The minimum Gasteiger partial charge on any atom is -0.376 e. The molecule has 0 aliphatic heterocycles. The van der Waals surface area contributed by atoms with E-state index in [9.17, 15) is 4.57 Å². The molecule has 0 aromatic heterocycles. The molecule has 2 N–H and O–H groups in total. The fourth-order valence-electron chi connectivity index (χ4n) is 1.66. The van der Waals surface area contributed by atoms with Crippen LogP contribution in [0.5, 0.6) is 0 Å². The summed E-state index contributed by atoms with van der Waals surface area (Å²) in [6.45, 7) is 4.33. The smallest absolute Gasteiger partial charge is 0.376 e. The van der Waals surface area contributed by atoms with Gasteiger partial charge < -0.3 is 14.5 Å². The first kappa shape index (κ1) is 22.9. The fraction of sp³-hybridized carbons (Fsp3) is 1.00. The quantitative estimate of drug-likeness (QED) is 0.175. The Labute approximate surface area is 137 Å². The van der Waals surface area contributed by atoms with Crippen molar-refractivity contribution in [2.75, 3.05) is 26.4 Å². The van der Waals surface area contributed by atoms with Crippen molar-refractivity contribution in [3.63, 3.8) is 0 Å². The highest BCUT2D eigenvalue weighted by atomic mass is 31.2. The molecule has 1 unspecified atom stereocenters. The minimum atomic E-state index is -4.48. The number of phosphoric acid groups is 1. The molecule has 23 heavy (non-hydrogen) atoms. The summed E-state index contributed by atoms with van der Waals surface area (Å²) in [5.41, 5.74) is 0. The molecule has 0 heterocycles. The largest absolute Gasteiger partial charge is 0.469 e. The van der Waals surface area contributed by atoms with Gasteiger partial charge in [0.2, 0.25) is 0 Å². The Balaban J connectivity index is 3.15. The second kappa shape index (κ2) is 15.4. The standard InChI is InChI=1S/C13H29O9P/c1-3-4-5-6-7-8-9-18-21-22-19-11-10-17-12-13(2)20-23(14,15)16/h13H,3-12H2,1-2H3,(H2,14,15,16). The van der Waals surface area contributed by atoms with Crippen molar-refractivity contribution in [3.05, 3.63) is 0 Å². The van der Waals surface area contributed by atoms with Crippen molar-refractivity contribution in [1.82, 2.24) is 0 Å². The zero-order chi connectivity index (χ0) is 17.4. The lowest BCUT2D eigenvalue weighted by molar-refractivity contribution is -0.634. The van der Waals surface area contributed by atoms with Crippen LogP contribution in [0.1, 0.15) is 52.4 Å². The summed E-state index contributed by atoms with van der Waals surface area (Å²) < 4.78 is 20.0. The van der Waals surface area contributed by atoms with E-state index in [0.717, 1.165) is 12.8 Å². The molecule has 0 saturated carbocycles. The van der Waals surface area contributed by atoms with Gasteiger partial charge in [-0.25, -0.2) is 14.3 Å². The van der Waals surface area contributed by atoms with Gasteiger partial charge >= 0.3 is 7.82 Å². The van der Waals surface area contributed by atoms with Crippen LogP contribution < -0.4 is 0 Å². The van der Waals surface area contributed by atoms with Crippen LogP contribution in [-0.2, 0) is 33.7 Å². The molecule has 0 aliphatic rings. The van der Waals surface area contributed by atoms with Crippen molar-refractivity contribution in [1.29, 1.82) is 0 Å². The summed E-state index contributed by atoms with van der Waals surface area (Å²) in [5.74, 6) is 0. The Morgan fingerprint density at radius 1 is 0.913 bits per heavy atom. The highest BCUT2D eigenvalue weighted by Crippen LogP contribution is 2.37. The third kappa shape index (κ3) is 19.9. The van der Waals surface area contributed by atoms with Crippen molar-refractivity contribution < 1.29 is 43.5 Å². The second-order valence-electron chi connectivity index (χ2n) is 5.03. The van der Waals surface area contributed by atoms with Gasteiger partial charge in [-0.2, -0.15) is 0 Å². The molecule has 0 saturated heterocycles. The van der Waals surface area contributed by atoms with Gasteiger partial charge in [0, 0.05) is 0 Å². The normalized spacial score (nSPS) is 13.4. The number of hydrogen-bond acceptors (Lipinski definition) is 7. The molecule has 0 aromatic carbocycles. The van der Waals surface area contributed by atoms with Gasteiger partial charge in [0.05, 0.1) is 25.9 Å². The molecule has 0 aromatic rings. The minimum absolute atomic E-state index is 0.0177. The van der Waals surface area contributed by atoms with E-state index in [1.807, 2.05) is 0 Å². The van der Waals surface area contributed by atoms with Crippen LogP contribution in [0.3, 0.4) is 0 Å². The Hall–Kier alpha value is -0.0900. The molecule has 0 aliphatic carbocycles. The second-order valence-corrected chi connectivity index (χ2v) is 6.22. The van der Waals surface area contributed by atoms with Gasteiger partial charge in [-0.3, -0.25) is 4.52 Å². The molecule has 0 bridgehead atoms. The van der Waals surface area contributed by atoms with Crippen LogP contribution in [0.15, 0.2) is 0 Å². The van der Waals surface area contributed by atoms with Crippen LogP contribution in [0.4, 0.5) is 0 Å². The third-order valence-electron chi connectivity index (χ3n) is 2.69. The maximum absolute atomic E-state index is 10.5. The lowest BCUT2D eigenvalue weighted by Crippen LogP contribution is -2.17. The summed E-state index contributed by atoms with van der Waals surface area (Å²) in [6, 6.07) is 0. The predicted molar refractivity (Wildman–Crippen MR) is 80.9 cm³/mol. The maximum Gasteiger partial charge on any atom is 0.469 e. The predicted octanol–water partition coefficient (Wildman–Crippen LogP) is 2.67. The summed E-state index contributed by atoms with van der Waals surface area (Å²) >= 11 is 0. The average Bonchev–Trinajstić information content (AvgIpc) is 2.46. The average molecular weight is 360 g/mol. The first-order valence-electron chi connectivity index (χ1n) is 7.85. The van der Waals surface area contributed by atoms with Gasteiger partial charge in [-0.05, 0) is 23.4 Å². The zero-order valence-electron chi connectivity index (χ0n) is 13.8. The van der Waals surface area contributed by atoms with Crippen LogP contribution in [0.2, 0.25) is 0 Å². The van der Waals surface area contributed by atoms with Crippen LogP contribution in [0.25, 0.3) is 0 Å². The first-order chi connectivity index (χ1) is 11.0. The molecule has 0 spiro atoms. The van der Waals surface area contributed by atoms with Crippen LogP contribution in [-0.4, -0.2) is 42.3 Å². The molecule has 10 heteroatoms. The summed E-state index contributed by atoms with van der Waals surface area (Å²) in [6.07, 6.45) is 6.18. The molecular weight excluding hydrogens is 331 g/mol. The van der Waals surface area contributed by atoms with Crippen molar-refractivity contribution in [3.8, 4) is 0 Å². The number of rotatable bonds is 17. The number of ether oxygens (including phenoxy) is 1. The van der Waals surface area contributed by atoms with E-state index in [0.29, 0.717) is 6.61 Å². The van der Waals surface area contributed by atoms with Crippen LogP contribution >= 0.6 is 7.82 Å². The Kier molecular flexibility index (Phi) is 15.4. The topological polar surface area (TPSA) is 113 Å². The molecule has 140 valence electrons. The van der Waals surface area contributed by atoms with E-state index in [1.54, 1.807) is 0 Å². The van der Waals surface area contributed by atoms with Gasteiger partial charge in [0.15, 0.2) is 0 Å². The molecule has 0 fully saturated rings. The van der Waals surface area contributed by atoms with E-state index >= 15 is 0 Å². The maximum atomic E-state index is 10.5. The number of phosphoric ester groups is 1. The van der Waals surface area contributed by atoms with E-state index in [4.69, 9.17) is 19.4 Å². The molecule has 1 atom stereocenters. The fourth-order valence-corrected chi connectivity index (χ4v) is 2.19. The van der Waals surface area contributed by atoms with Gasteiger partial charge in [0.1, 0.15) is 6.61 Å². The van der Waals surface area contributed by atoms with Crippen molar-refractivity contribution >= 4 is 7.82 Å². The molecule has 9 nitrogen and oxygen atoms in total. The highest BCUT2D eigenvalue weighted by Gasteiger charge is 2.18. The lowest BCUT2D eigenvalue weighted by atomic mass is 10.1. The molecule has 0 amide bonds. The van der Waals surface area contributed by atoms with Gasteiger partial charge in [-0.15, -0.1) is 0 Å². The zero-order valence-corrected chi connectivity index (χ0v) is 14.7. The van der Waals surface area contributed by atoms with Crippen molar-refractivity contribution in [2.24, 2.45) is 0 Å². The monoisotopic (exact) mass is 360 g/mol. The molecular formula is C13H29O9P. The highest BCUT2D eigenvalue weighted by molar-refractivity contribution is 7.46. The summed E-state index contributed by atoms with van der Waals surface area (Å²) in [4.78, 5) is 26.5. The van der Waals surface area contributed by atoms with Crippen molar-refractivity contribution in [2.45, 2.75) is 58.5 Å². The number of unbranched alkanes of at least 4 members (excludes halogenated alkanes) is 5. The van der Waals surface area contributed by atoms with Crippen LogP contribution in [0, 0.1) is 0 Å². The molecule has 0 rings (SSSR count).